The molecule has 1 amide bonds. The Bertz CT molecular complexity index is 1040. The number of benzene rings is 2. The van der Waals surface area contributed by atoms with Gasteiger partial charge in [0.1, 0.15) is 30.5 Å². The first-order chi connectivity index (χ1) is 16.0. The molecule has 2 aromatic carbocycles. The monoisotopic (exact) mass is 471 g/mol. The first-order valence-electron chi connectivity index (χ1n) is 10.6. The molecule has 0 saturated carbocycles. The number of aryl methyl sites for hydroxylation is 2. The number of nitrogens with two attached hydrogens (primary N) is 1. The van der Waals surface area contributed by atoms with Gasteiger partial charge in [0.25, 0.3) is 0 Å². The second-order valence-electron chi connectivity index (χ2n) is 7.17. The summed E-state index contributed by atoms with van der Waals surface area (Å²) >= 11 is 1.21. The van der Waals surface area contributed by atoms with Gasteiger partial charge in [-0.1, -0.05) is 30.0 Å². The average Bonchev–Trinajstić information content (AvgIpc) is 3.15. The lowest BCUT2D eigenvalue weighted by atomic mass is 10.1. The lowest BCUT2D eigenvalue weighted by Gasteiger charge is -2.11. The van der Waals surface area contributed by atoms with Crippen LogP contribution < -0.4 is 25.4 Å². The first kappa shape index (κ1) is 24.2. The van der Waals surface area contributed by atoms with Gasteiger partial charge in [-0.2, -0.15) is 0 Å². The summed E-state index contributed by atoms with van der Waals surface area (Å²) in [4.78, 5) is 12.1. The Balaban J connectivity index is 1.38. The molecule has 0 aliphatic heterocycles. The minimum atomic E-state index is -0.147. The van der Waals surface area contributed by atoms with Gasteiger partial charge in [0.15, 0.2) is 5.82 Å². The van der Waals surface area contributed by atoms with Crippen LogP contribution in [0.1, 0.15) is 23.9 Å². The summed E-state index contributed by atoms with van der Waals surface area (Å²) in [6, 6.07) is 13.3. The third-order valence-electron chi connectivity index (χ3n) is 4.65. The van der Waals surface area contributed by atoms with Crippen molar-refractivity contribution in [2.24, 2.45) is 0 Å². The molecule has 1 aromatic heterocycles. The summed E-state index contributed by atoms with van der Waals surface area (Å²) in [5.41, 5.74) is 2.08. The fraction of sp³-hybridized carbons (Fsp3) is 0.348. The van der Waals surface area contributed by atoms with E-state index in [9.17, 15) is 4.79 Å². The van der Waals surface area contributed by atoms with Gasteiger partial charge in [-0.25, -0.2) is 4.68 Å². The zero-order valence-electron chi connectivity index (χ0n) is 19.0. The maximum atomic E-state index is 12.1. The van der Waals surface area contributed by atoms with Gasteiger partial charge >= 0.3 is 0 Å². The van der Waals surface area contributed by atoms with E-state index in [1.54, 1.807) is 0 Å². The average molecular weight is 472 g/mol. The molecule has 0 unspecified atom stereocenters. The smallest absolute Gasteiger partial charge is 0.230 e. The van der Waals surface area contributed by atoms with Gasteiger partial charge < -0.3 is 25.4 Å². The van der Waals surface area contributed by atoms with Crippen molar-refractivity contribution < 1.29 is 19.0 Å². The number of ether oxygens (including phenoxy) is 3. The van der Waals surface area contributed by atoms with Crippen LogP contribution in [0, 0.1) is 13.8 Å². The Labute approximate surface area is 197 Å². The molecular weight excluding hydrogens is 442 g/mol. The number of amides is 1. The number of carbonyl (C=O) groups excluding carboxylic acids is 1. The molecule has 1 heterocycles. The number of carbonyl (C=O) groups is 1. The Hall–Kier alpha value is -3.40. The highest BCUT2D eigenvalue weighted by atomic mass is 32.2. The van der Waals surface area contributed by atoms with Crippen molar-refractivity contribution in [2.75, 3.05) is 31.4 Å². The highest BCUT2D eigenvalue weighted by Crippen LogP contribution is 2.23. The molecule has 33 heavy (non-hydrogen) atoms. The van der Waals surface area contributed by atoms with Crippen LogP contribution >= 0.6 is 11.8 Å². The van der Waals surface area contributed by atoms with Crippen LogP contribution in [0.25, 0.3) is 0 Å². The van der Waals surface area contributed by atoms with E-state index >= 15 is 0 Å². The van der Waals surface area contributed by atoms with Crippen LogP contribution in [-0.2, 0) is 11.4 Å². The van der Waals surface area contributed by atoms with Crippen LogP contribution in [0.3, 0.4) is 0 Å². The largest absolute Gasteiger partial charge is 0.494 e. The fourth-order valence-electron chi connectivity index (χ4n) is 3.01. The number of hydrogen-bond acceptors (Lipinski definition) is 8. The third-order valence-corrected chi connectivity index (χ3v) is 5.59. The van der Waals surface area contributed by atoms with E-state index in [0.717, 1.165) is 22.6 Å². The molecule has 0 spiro atoms. The van der Waals surface area contributed by atoms with Gasteiger partial charge in [-0.3, -0.25) is 4.79 Å². The lowest BCUT2D eigenvalue weighted by Crippen LogP contribution is -2.29. The second kappa shape index (κ2) is 12.0. The van der Waals surface area contributed by atoms with Crippen LogP contribution in [0.2, 0.25) is 0 Å². The van der Waals surface area contributed by atoms with Crippen LogP contribution in [0.5, 0.6) is 17.2 Å². The van der Waals surface area contributed by atoms with Crippen molar-refractivity contribution in [3.63, 3.8) is 0 Å². The molecule has 0 radical (unpaired) electrons. The molecule has 0 saturated heterocycles. The summed E-state index contributed by atoms with van der Waals surface area (Å²) in [7, 11) is 0. The fourth-order valence-corrected chi connectivity index (χ4v) is 3.71. The minimum Gasteiger partial charge on any atom is -0.494 e. The second-order valence-corrected chi connectivity index (χ2v) is 8.11. The maximum absolute atomic E-state index is 12.1. The Morgan fingerprint density at radius 2 is 1.70 bits per heavy atom. The quantitative estimate of drug-likeness (QED) is 0.236. The molecule has 9 nitrogen and oxygen atoms in total. The van der Waals surface area contributed by atoms with E-state index in [-0.39, 0.29) is 18.3 Å². The van der Waals surface area contributed by atoms with Gasteiger partial charge in [0.2, 0.25) is 11.1 Å². The van der Waals surface area contributed by atoms with Crippen molar-refractivity contribution in [1.82, 2.24) is 20.2 Å². The molecule has 0 fully saturated rings. The maximum Gasteiger partial charge on any atom is 0.230 e. The number of nitrogen functional groups attached to an aromatic ring is 1. The van der Waals surface area contributed by atoms with Crippen molar-refractivity contribution >= 4 is 17.7 Å². The van der Waals surface area contributed by atoms with Crippen molar-refractivity contribution in [3.8, 4) is 17.2 Å². The topological polar surface area (TPSA) is 114 Å². The third kappa shape index (κ3) is 7.04. The number of nitrogens with zero attached hydrogens (tertiary/aromatic N) is 3. The van der Waals surface area contributed by atoms with Crippen LogP contribution in [-0.4, -0.2) is 46.3 Å². The molecule has 176 valence electrons. The van der Waals surface area contributed by atoms with Crippen LogP contribution in [0.4, 0.5) is 0 Å². The zero-order chi connectivity index (χ0) is 23.6. The molecule has 3 N–H and O–H groups in total. The number of rotatable bonds is 12. The van der Waals surface area contributed by atoms with Crippen molar-refractivity contribution in [2.45, 2.75) is 32.5 Å². The normalized spacial score (nSPS) is 10.6. The van der Waals surface area contributed by atoms with Gasteiger partial charge in [0.05, 0.1) is 18.9 Å². The van der Waals surface area contributed by atoms with Gasteiger partial charge in [-0.15, -0.1) is 10.2 Å². The number of para-hydroxylation sites is 1. The van der Waals surface area contributed by atoms with E-state index < -0.39 is 0 Å². The molecular formula is C23H29N5O4S. The summed E-state index contributed by atoms with van der Waals surface area (Å²) in [6.07, 6.45) is 0. The Kier molecular flexibility index (Phi) is 8.82. The zero-order valence-corrected chi connectivity index (χ0v) is 19.9. The Morgan fingerprint density at radius 1 is 1.03 bits per heavy atom. The summed E-state index contributed by atoms with van der Waals surface area (Å²) in [5, 5.41) is 11.4. The Morgan fingerprint density at radius 3 is 2.36 bits per heavy atom. The predicted molar refractivity (Wildman–Crippen MR) is 127 cm³/mol. The number of nitrogens with one attached hydrogen (secondary N) is 1. The van der Waals surface area contributed by atoms with Gasteiger partial charge in [0, 0.05) is 0 Å². The molecule has 0 atom stereocenters. The number of aromatic nitrogens is 3. The number of hydrogen-bond donors (Lipinski definition) is 2. The van der Waals surface area contributed by atoms with E-state index in [1.165, 1.54) is 16.4 Å². The molecule has 0 bridgehead atoms. The molecule has 0 aliphatic carbocycles. The highest BCUT2D eigenvalue weighted by Gasteiger charge is 2.14. The standard InChI is InChI=1S/C23H29N5O4S/c1-4-30-18-8-10-19(11-9-18)31-13-12-25-21(29)15-33-23-27-26-20(28(23)24)14-32-22-16(2)6-5-7-17(22)3/h5-11H,4,12-15,24H2,1-3H3,(H,25,29). The van der Waals surface area contributed by atoms with E-state index in [2.05, 4.69) is 15.5 Å². The predicted octanol–water partition coefficient (Wildman–Crippen LogP) is 2.87. The number of thioether (sulfide) groups is 1. The van der Waals surface area contributed by atoms with E-state index in [4.69, 9.17) is 20.1 Å². The summed E-state index contributed by atoms with van der Waals surface area (Å²) in [5.74, 6) is 8.89. The molecule has 3 rings (SSSR count). The molecule has 0 aliphatic rings. The van der Waals surface area contributed by atoms with Crippen LogP contribution in [0.15, 0.2) is 47.6 Å². The summed E-state index contributed by atoms with van der Waals surface area (Å²) in [6.45, 7) is 7.45. The summed E-state index contributed by atoms with van der Waals surface area (Å²) < 4.78 is 18.2. The lowest BCUT2D eigenvalue weighted by molar-refractivity contribution is -0.118. The van der Waals surface area contributed by atoms with Gasteiger partial charge in [-0.05, 0) is 56.2 Å². The van der Waals surface area contributed by atoms with E-state index in [0.29, 0.717) is 36.5 Å². The minimum absolute atomic E-state index is 0.147. The SMILES string of the molecule is CCOc1ccc(OCCNC(=O)CSc2nnc(COc3c(C)cccc3C)n2N)cc1. The van der Waals surface area contributed by atoms with Crippen molar-refractivity contribution in [1.29, 1.82) is 0 Å². The van der Waals surface area contributed by atoms with E-state index in [1.807, 2.05) is 63.2 Å². The molecule has 3 aromatic rings. The molecule has 10 heteroatoms. The first-order valence-corrected chi connectivity index (χ1v) is 11.6. The van der Waals surface area contributed by atoms with Crippen molar-refractivity contribution in [3.05, 3.63) is 59.4 Å². The highest BCUT2D eigenvalue weighted by molar-refractivity contribution is 7.99.